The van der Waals surface area contributed by atoms with Crippen LogP contribution in [-0.4, -0.2) is 38.9 Å². The van der Waals surface area contributed by atoms with Gasteiger partial charge in [-0.25, -0.2) is 4.79 Å². The van der Waals surface area contributed by atoms with E-state index in [0.29, 0.717) is 23.8 Å². The lowest BCUT2D eigenvalue weighted by molar-refractivity contribution is -0.143. The zero-order valence-electron chi connectivity index (χ0n) is 13.3. The second kappa shape index (κ2) is 8.76. The molecule has 1 atom stereocenters. The van der Waals surface area contributed by atoms with Crippen LogP contribution in [0.25, 0.3) is 0 Å². The Balaban J connectivity index is 2.62. The van der Waals surface area contributed by atoms with E-state index < -0.39 is 6.03 Å². The monoisotopic (exact) mass is 310 g/mol. The average molecular weight is 310 g/mol. The summed E-state index contributed by atoms with van der Waals surface area (Å²) >= 11 is 0. The minimum absolute atomic E-state index is 0.108. The standard InChI is InChI=1S/C15H22N2O5/c1-5-22-14(18)8-10(2)16-15(19)17-12-9-11(20-3)6-7-13(12)21-4/h6-7,9-10H,5,8H2,1-4H3,(H2,16,17,19). The molecule has 0 bridgehead atoms. The summed E-state index contributed by atoms with van der Waals surface area (Å²) in [6.45, 7) is 3.77. The van der Waals surface area contributed by atoms with E-state index in [1.54, 1.807) is 32.0 Å². The Hall–Kier alpha value is -2.44. The van der Waals surface area contributed by atoms with Gasteiger partial charge < -0.3 is 24.8 Å². The molecule has 0 saturated carbocycles. The normalized spacial score (nSPS) is 11.3. The van der Waals surface area contributed by atoms with Gasteiger partial charge in [-0.15, -0.1) is 0 Å². The largest absolute Gasteiger partial charge is 0.497 e. The van der Waals surface area contributed by atoms with E-state index in [4.69, 9.17) is 14.2 Å². The predicted octanol–water partition coefficient (Wildman–Crippen LogP) is 2.17. The van der Waals surface area contributed by atoms with Gasteiger partial charge in [-0.2, -0.15) is 0 Å². The second-order valence-corrected chi connectivity index (χ2v) is 4.57. The number of carbonyl (C=O) groups is 2. The molecule has 0 aliphatic rings. The lowest BCUT2D eigenvalue weighted by atomic mass is 10.2. The van der Waals surface area contributed by atoms with Crippen molar-refractivity contribution >= 4 is 17.7 Å². The van der Waals surface area contributed by atoms with Crippen molar-refractivity contribution < 1.29 is 23.8 Å². The van der Waals surface area contributed by atoms with Crippen molar-refractivity contribution in [2.45, 2.75) is 26.3 Å². The molecule has 1 aromatic rings. The Bertz CT molecular complexity index is 519. The van der Waals surface area contributed by atoms with Gasteiger partial charge >= 0.3 is 12.0 Å². The van der Waals surface area contributed by atoms with Crippen LogP contribution >= 0.6 is 0 Å². The van der Waals surface area contributed by atoms with Crippen LogP contribution in [-0.2, 0) is 9.53 Å². The molecular formula is C15H22N2O5. The number of esters is 1. The van der Waals surface area contributed by atoms with Gasteiger partial charge in [-0.1, -0.05) is 0 Å². The molecule has 22 heavy (non-hydrogen) atoms. The summed E-state index contributed by atoms with van der Waals surface area (Å²) in [5, 5.41) is 5.32. The summed E-state index contributed by atoms with van der Waals surface area (Å²) in [4.78, 5) is 23.3. The zero-order valence-corrected chi connectivity index (χ0v) is 13.3. The van der Waals surface area contributed by atoms with Gasteiger partial charge in [-0.3, -0.25) is 4.79 Å². The number of carbonyl (C=O) groups excluding carboxylic acids is 2. The van der Waals surface area contributed by atoms with Crippen molar-refractivity contribution in [1.29, 1.82) is 0 Å². The molecule has 0 radical (unpaired) electrons. The van der Waals surface area contributed by atoms with E-state index in [1.165, 1.54) is 14.2 Å². The van der Waals surface area contributed by atoms with Crippen molar-refractivity contribution in [1.82, 2.24) is 5.32 Å². The first-order valence-corrected chi connectivity index (χ1v) is 6.95. The van der Waals surface area contributed by atoms with Gasteiger partial charge in [0.05, 0.1) is 32.9 Å². The highest BCUT2D eigenvalue weighted by molar-refractivity contribution is 5.91. The van der Waals surface area contributed by atoms with Crippen molar-refractivity contribution in [3.63, 3.8) is 0 Å². The molecular weight excluding hydrogens is 288 g/mol. The fraction of sp³-hybridized carbons (Fsp3) is 0.467. The molecule has 0 spiro atoms. The van der Waals surface area contributed by atoms with E-state index in [2.05, 4.69) is 10.6 Å². The molecule has 0 heterocycles. The quantitative estimate of drug-likeness (QED) is 0.754. The predicted molar refractivity (Wildman–Crippen MR) is 82.4 cm³/mol. The molecule has 0 aromatic heterocycles. The number of rotatable bonds is 7. The lowest BCUT2D eigenvalue weighted by Gasteiger charge is -2.15. The number of urea groups is 1. The number of benzene rings is 1. The third-order valence-corrected chi connectivity index (χ3v) is 2.81. The molecule has 122 valence electrons. The molecule has 2 N–H and O–H groups in total. The number of hydrogen-bond donors (Lipinski definition) is 2. The van der Waals surface area contributed by atoms with Gasteiger partial charge in [-0.05, 0) is 26.0 Å². The van der Waals surface area contributed by atoms with Crippen molar-refractivity contribution in [3.8, 4) is 11.5 Å². The smallest absolute Gasteiger partial charge is 0.319 e. The first kappa shape index (κ1) is 17.6. The highest BCUT2D eigenvalue weighted by Crippen LogP contribution is 2.28. The number of amides is 2. The van der Waals surface area contributed by atoms with Gasteiger partial charge in [0.2, 0.25) is 0 Å². The first-order valence-electron chi connectivity index (χ1n) is 6.95. The third-order valence-electron chi connectivity index (χ3n) is 2.81. The van der Waals surface area contributed by atoms with E-state index in [0.717, 1.165) is 0 Å². The SMILES string of the molecule is CCOC(=O)CC(C)NC(=O)Nc1cc(OC)ccc1OC. The minimum atomic E-state index is -0.441. The molecule has 0 saturated heterocycles. The molecule has 7 nitrogen and oxygen atoms in total. The van der Waals surface area contributed by atoms with E-state index in [1.807, 2.05) is 0 Å². The molecule has 1 unspecified atom stereocenters. The van der Waals surface area contributed by atoms with Gasteiger partial charge in [0.25, 0.3) is 0 Å². The summed E-state index contributed by atoms with van der Waals surface area (Å²) in [7, 11) is 3.04. The number of anilines is 1. The van der Waals surface area contributed by atoms with Crippen LogP contribution in [0, 0.1) is 0 Å². The topological polar surface area (TPSA) is 85.9 Å². The molecule has 1 rings (SSSR count). The van der Waals surface area contributed by atoms with E-state index in [9.17, 15) is 9.59 Å². The van der Waals surface area contributed by atoms with E-state index in [-0.39, 0.29) is 18.4 Å². The Morgan fingerprint density at radius 3 is 2.55 bits per heavy atom. The van der Waals surface area contributed by atoms with Gasteiger partial charge in [0, 0.05) is 12.1 Å². The number of nitrogens with one attached hydrogen (secondary N) is 2. The highest BCUT2D eigenvalue weighted by atomic mass is 16.5. The highest BCUT2D eigenvalue weighted by Gasteiger charge is 2.14. The third kappa shape index (κ3) is 5.51. The van der Waals surface area contributed by atoms with Crippen LogP contribution in [0.5, 0.6) is 11.5 Å². The Kier molecular flexibility index (Phi) is 7.01. The lowest BCUT2D eigenvalue weighted by Crippen LogP contribution is -2.37. The number of hydrogen-bond acceptors (Lipinski definition) is 5. The van der Waals surface area contributed by atoms with Crippen molar-refractivity contribution in [2.75, 3.05) is 26.1 Å². The Labute approximate surface area is 129 Å². The summed E-state index contributed by atoms with van der Waals surface area (Å²) < 4.78 is 15.1. The number of ether oxygens (including phenoxy) is 3. The molecule has 0 aliphatic heterocycles. The van der Waals surface area contributed by atoms with Crippen molar-refractivity contribution in [3.05, 3.63) is 18.2 Å². The fourth-order valence-corrected chi connectivity index (χ4v) is 1.81. The van der Waals surface area contributed by atoms with Gasteiger partial charge in [0.15, 0.2) is 0 Å². The van der Waals surface area contributed by atoms with Crippen LogP contribution in [0.15, 0.2) is 18.2 Å². The fourth-order valence-electron chi connectivity index (χ4n) is 1.81. The first-order chi connectivity index (χ1) is 10.5. The van der Waals surface area contributed by atoms with Crippen LogP contribution in [0.1, 0.15) is 20.3 Å². The summed E-state index contributed by atoms with van der Waals surface area (Å²) in [5.74, 6) is 0.749. The maximum absolute atomic E-state index is 12.0. The maximum Gasteiger partial charge on any atom is 0.319 e. The van der Waals surface area contributed by atoms with Gasteiger partial charge in [0.1, 0.15) is 11.5 Å². The van der Waals surface area contributed by atoms with E-state index >= 15 is 0 Å². The maximum atomic E-state index is 12.0. The molecule has 0 fully saturated rings. The van der Waals surface area contributed by atoms with Crippen LogP contribution in [0.2, 0.25) is 0 Å². The summed E-state index contributed by atoms with van der Waals surface area (Å²) in [5.41, 5.74) is 0.475. The van der Waals surface area contributed by atoms with Crippen LogP contribution in [0.3, 0.4) is 0 Å². The van der Waals surface area contributed by atoms with Crippen LogP contribution < -0.4 is 20.1 Å². The molecule has 0 aliphatic carbocycles. The molecule has 1 aromatic carbocycles. The zero-order chi connectivity index (χ0) is 16.5. The number of methoxy groups -OCH3 is 2. The van der Waals surface area contributed by atoms with Crippen molar-refractivity contribution in [2.24, 2.45) is 0 Å². The molecule has 2 amide bonds. The molecule has 7 heteroatoms. The second-order valence-electron chi connectivity index (χ2n) is 4.57. The minimum Gasteiger partial charge on any atom is -0.497 e. The Morgan fingerprint density at radius 2 is 1.95 bits per heavy atom. The Morgan fingerprint density at radius 1 is 1.23 bits per heavy atom. The summed E-state index contributed by atoms with van der Waals surface area (Å²) in [6.07, 6.45) is 0.108. The average Bonchev–Trinajstić information content (AvgIpc) is 2.46. The summed E-state index contributed by atoms with van der Waals surface area (Å²) in [6, 6.07) is 4.27. The van der Waals surface area contributed by atoms with Crippen LogP contribution in [0.4, 0.5) is 10.5 Å².